The molecule has 2 aromatic carbocycles. The molecule has 0 bridgehead atoms. The number of allylic oxidation sites excluding steroid dienone is 1. The number of pyridine rings is 1. The number of aromatic nitrogens is 1. The second-order valence-corrected chi connectivity index (χ2v) is 11.7. The van der Waals surface area contributed by atoms with Crippen LogP contribution >= 0.6 is 23.8 Å². The van der Waals surface area contributed by atoms with Gasteiger partial charge in [-0.15, -0.1) is 0 Å². The maximum atomic E-state index is 12.9. The van der Waals surface area contributed by atoms with Crippen LogP contribution in [0.5, 0.6) is 0 Å². The van der Waals surface area contributed by atoms with Gasteiger partial charge in [0.15, 0.2) is 5.11 Å². The largest absolute Gasteiger partial charge is 0.365 e. The molecule has 39 heavy (non-hydrogen) atoms. The van der Waals surface area contributed by atoms with E-state index in [0.29, 0.717) is 16.7 Å². The van der Waals surface area contributed by atoms with Crippen molar-refractivity contribution < 1.29 is 4.79 Å². The van der Waals surface area contributed by atoms with Crippen LogP contribution in [-0.4, -0.2) is 40.0 Å². The molecule has 2 aliphatic heterocycles. The highest BCUT2D eigenvalue weighted by Gasteiger charge is 2.41. The number of fused-ring (bicyclic) bond motifs is 1. The molecule has 0 saturated carbocycles. The molecule has 2 aliphatic rings. The Balaban J connectivity index is 1.48. The van der Waals surface area contributed by atoms with Crippen LogP contribution in [-0.2, 0) is 4.79 Å². The van der Waals surface area contributed by atoms with Crippen LogP contribution in [0, 0.1) is 6.92 Å². The molecule has 2 N–H and O–H groups in total. The first-order valence-electron chi connectivity index (χ1n) is 13.2. The number of carbonyl (C=O) groups excluding carboxylic acids is 1. The lowest BCUT2D eigenvalue weighted by Gasteiger charge is -2.41. The first-order chi connectivity index (χ1) is 18.5. The Kier molecular flexibility index (Phi) is 7.40. The van der Waals surface area contributed by atoms with Crippen LogP contribution in [0.3, 0.4) is 0 Å². The third-order valence-electron chi connectivity index (χ3n) is 7.77. The number of anilines is 2. The zero-order valence-electron chi connectivity index (χ0n) is 23.0. The number of likely N-dealkylation sites (N-methyl/N-ethyl adjacent to an activating group) is 1. The van der Waals surface area contributed by atoms with E-state index in [1.165, 1.54) is 5.57 Å². The van der Waals surface area contributed by atoms with E-state index in [0.717, 1.165) is 33.8 Å². The summed E-state index contributed by atoms with van der Waals surface area (Å²) in [5, 5.41) is 7.71. The smallest absolute Gasteiger partial charge is 0.226 e. The summed E-state index contributed by atoms with van der Waals surface area (Å²) in [7, 11) is 2.10. The van der Waals surface area contributed by atoms with Gasteiger partial charge >= 0.3 is 0 Å². The van der Waals surface area contributed by atoms with Crippen LogP contribution in [0.15, 0.2) is 66.9 Å². The van der Waals surface area contributed by atoms with Crippen molar-refractivity contribution in [3.8, 4) is 0 Å². The van der Waals surface area contributed by atoms with Gasteiger partial charge in [0.25, 0.3) is 0 Å². The van der Waals surface area contributed by atoms with Crippen molar-refractivity contribution in [2.45, 2.75) is 51.7 Å². The number of nitrogens with one attached hydrogen (secondary N) is 2. The van der Waals surface area contributed by atoms with Crippen LogP contribution < -0.4 is 15.5 Å². The number of benzene rings is 2. The number of thiocarbonyl (C=S) groups is 1. The molecule has 1 amide bonds. The van der Waals surface area contributed by atoms with Crippen molar-refractivity contribution in [3.05, 3.63) is 94.3 Å². The third kappa shape index (κ3) is 5.38. The summed E-state index contributed by atoms with van der Waals surface area (Å²) in [6.07, 6.45) is 4.35. The Morgan fingerprint density at radius 3 is 2.59 bits per heavy atom. The Morgan fingerprint density at radius 2 is 1.90 bits per heavy atom. The number of aryl methyl sites for hydroxylation is 1. The molecule has 1 aromatic heterocycles. The lowest BCUT2D eigenvalue weighted by Crippen LogP contribution is -2.42. The lowest BCUT2D eigenvalue weighted by molar-refractivity contribution is -0.116. The molecule has 0 aliphatic carbocycles. The first kappa shape index (κ1) is 27.2. The molecule has 1 fully saturated rings. The van der Waals surface area contributed by atoms with Gasteiger partial charge in [-0.05, 0) is 87.4 Å². The van der Waals surface area contributed by atoms with Gasteiger partial charge in [0.05, 0.1) is 23.3 Å². The molecule has 0 spiro atoms. The molecule has 3 heterocycles. The second-order valence-electron chi connectivity index (χ2n) is 10.9. The van der Waals surface area contributed by atoms with Gasteiger partial charge in [-0.25, -0.2) is 0 Å². The van der Waals surface area contributed by atoms with E-state index in [9.17, 15) is 4.79 Å². The number of amides is 1. The fourth-order valence-corrected chi connectivity index (χ4v) is 6.08. The average Bonchev–Trinajstić information content (AvgIpc) is 3.23. The van der Waals surface area contributed by atoms with Gasteiger partial charge in [0.1, 0.15) is 0 Å². The Hall–Kier alpha value is -3.42. The van der Waals surface area contributed by atoms with E-state index in [1.807, 2.05) is 49.4 Å². The van der Waals surface area contributed by atoms with Crippen molar-refractivity contribution in [2.24, 2.45) is 0 Å². The van der Waals surface area contributed by atoms with Crippen LogP contribution in [0.25, 0.3) is 5.57 Å². The number of carbonyl (C=O) groups is 1. The second kappa shape index (κ2) is 10.6. The van der Waals surface area contributed by atoms with Gasteiger partial charge in [0, 0.05) is 48.2 Å². The minimum atomic E-state index is -0.231. The Labute approximate surface area is 241 Å². The first-order valence-corrected chi connectivity index (χ1v) is 14.0. The molecule has 8 heteroatoms. The van der Waals surface area contributed by atoms with Crippen molar-refractivity contribution in [1.29, 1.82) is 0 Å². The molecule has 1 saturated heterocycles. The van der Waals surface area contributed by atoms with E-state index < -0.39 is 0 Å². The number of nitrogens with zero attached hydrogens (tertiary/aromatic N) is 3. The predicted molar refractivity (Wildman–Crippen MR) is 164 cm³/mol. The maximum absolute atomic E-state index is 12.9. The van der Waals surface area contributed by atoms with E-state index in [2.05, 4.69) is 71.4 Å². The molecule has 6 nitrogen and oxygen atoms in total. The summed E-state index contributed by atoms with van der Waals surface area (Å²) in [6, 6.07) is 17.5. The van der Waals surface area contributed by atoms with Crippen LogP contribution in [0.2, 0.25) is 5.02 Å². The van der Waals surface area contributed by atoms with E-state index in [-0.39, 0.29) is 30.0 Å². The molecular formula is C31H34ClN5OS. The Bertz CT molecular complexity index is 1440. The zero-order valence-corrected chi connectivity index (χ0v) is 24.5. The van der Waals surface area contributed by atoms with E-state index >= 15 is 0 Å². The molecule has 2 atom stereocenters. The quantitative estimate of drug-likeness (QED) is 0.329. The van der Waals surface area contributed by atoms with Crippen LogP contribution in [0.4, 0.5) is 11.4 Å². The fourth-order valence-electron chi connectivity index (χ4n) is 5.48. The minimum Gasteiger partial charge on any atom is -0.365 e. The Morgan fingerprint density at radius 1 is 1.15 bits per heavy atom. The molecular weight excluding hydrogens is 526 g/mol. The average molecular weight is 560 g/mol. The molecule has 202 valence electrons. The summed E-state index contributed by atoms with van der Waals surface area (Å²) in [5.74, 6) is -0.0686. The highest BCUT2D eigenvalue weighted by atomic mass is 35.5. The molecule has 5 rings (SSSR count). The third-order valence-corrected chi connectivity index (χ3v) is 8.45. The summed E-state index contributed by atoms with van der Waals surface area (Å²) < 4.78 is 0. The van der Waals surface area contributed by atoms with Crippen molar-refractivity contribution in [1.82, 2.24) is 15.2 Å². The predicted octanol–water partition coefficient (Wildman–Crippen LogP) is 6.68. The van der Waals surface area contributed by atoms with Crippen molar-refractivity contribution >= 4 is 51.8 Å². The molecule has 3 aromatic rings. The normalized spacial score (nSPS) is 19.8. The topological polar surface area (TPSA) is 60.5 Å². The number of hydrogen-bond acceptors (Lipinski definition) is 4. The highest BCUT2D eigenvalue weighted by Crippen LogP contribution is 2.46. The van der Waals surface area contributed by atoms with Crippen LogP contribution in [0.1, 0.15) is 61.7 Å². The summed E-state index contributed by atoms with van der Waals surface area (Å²) in [4.78, 5) is 21.9. The number of hydrogen-bond donors (Lipinski definition) is 2. The lowest BCUT2D eigenvalue weighted by atomic mass is 9.86. The highest BCUT2D eigenvalue weighted by molar-refractivity contribution is 7.80. The van der Waals surface area contributed by atoms with E-state index in [4.69, 9.17) is 23.8 Å². The monoisotopic (exact) mass is 559 g/mol. The summed E-state index contributed by atoms with van der Waals surface area (Å²) in [6.45, 7) is 8.99. The van der Waals surface area contributed by atoms with Gasteiger partial charge in [0.2, 0.25) is 5.91 Å². The molecule has 0 unspecified atom stereocenters. The number of halogens is 1. The zero-order chi connectivity index (χ0) is 27.9. The van der Waals surface area contributed by atoms with Crippen molar-refractivity contribution in [2.75, 3.05) is 23.8 Å². The summed E-state index contributed by atoms with van der Waals surface area (Å²) >= 11 is 12.9. The van der Waals surface area contributed by atoms with Gasteiger partial charge < -0.3 is 20.4 Å². The SMILES string of the molecule is CC1=CC(C)(C)N(C)c2cc(Cl)c([C@@H]3[C@@H](c4ccccn4)NC(=S)N3CCC(=O)Nc3ccc(C)cc3)cc21. The van der Waals surface area contributed by atoms with Gasteiger partial charge in [-0.1, -0.05) is 41.4 Å². The maximum Gasteiger partial charge on any atom is 0.226 e. The fraction of sp³-hybridized carbons (Fsp3) is 0.323. The number of rotatable bonds is 6. The van der Waals surface area contributed by atoms with Gasteiger partial charge in [-0.3, -0.25) is 9.78 Å². The van der Waals surface area contributed by atoms with Crippen molar-refractivity contribution in [3.63, 3.8) is 0 Å². The standard InChI is InChI=1S/C31H34ClN5OS/c1-19-9-11-21(12-10-19)34-27(38)13-15-37-29(28(35-30(37)39)25-8-6-7-14-33-25)23-16-22-20(2)18-31(3,4)36(5)26(22)17-24(23)32/h6-12,14,16-18,28-29H,13,15H2,1-5H3,(H,34,38)(H,35,39)/t28-,29-/m1/s1. The van der Waals surface area contributed by atoms with E-state index in [1.54, 1.807) is 6.20 Å². The summed E-state index contributed by atoms with van der Waals surface area (Å²) in [5.41, 5.74) is 7.08. The minimum absolute atomic E-state index is 0.0686. The molecule has 0 radical (unpaired) electrons. The van der Waals surface area contributed by atoms with Gasteiger partial charge in [-0.2, -0.15) is 0 Å².